The molecule has 0 aliphatic carbocycles. The molecule has 5 rings (SSSR count). The van der Waals surface area contributed by atoms with Gasteiger partial charge in [0.2, 0.25) is 0 Å². The minimum absolute atomic E-state index is 0.111. The van der Waals surface area contributed by atoms with Crippen molar-refractivity contribution in [2.45, 2.75) is 18.9 Å². The van der Waals surface area contributed by atoms with Crippen LogP contribution in [-0.2, 0) is 4.79 Å². The highest BCUT2D eigenvalue weighted by Gasteiger charge is 2.28. The number of nitrogens with one attached hydrogen (secondary N) is 3. The third-order valence-corrected chi connectivity index (χ3v) is 7.15. The molecule has 3 N–H and O–H groups in total. The number of rotatable bonds is 5. The minimum atomic E-state index is -0.189. The molecular formula is C29H30ClN5O2. The van der Waals surface area contributed by atoms with E-state index in [1.165, 1.54) is 0 Å². The Kier molecular flexibility index (Phi) is 7.17. The number of benzene rings is 3. The van der Waals surface area contributed by atoms with Gasteiger partial charge >= 0.3 is 6.03 Å². The fourth-order valence-corrected chi connectivity index (χ4v) is 4.90. The second kappa shape index (κ2) is 10.7. The number of likely N-dealkylation sites (tertiary alicyclic amines) is 1. The van der Waals surface area contributed by atoms with Gasteiger partial charge in [-0.05, 0) is 74.9 Å². The summed E-state index contributed by atoms with van der Waals surface area (Å²) >= 11 is 6.15. The molecule has 0 unspecified atom stereocenters. The average Bonchev–Trinajstić information content (AvgIpc) is 3.23. The van der Waals surface area contributed by atoms with Crippen molar-refractivity contribution in [3.05, 3.63) is 88.9 Å². The average molecular weight is 516 g/mol. The van der Waals surface area contributed by atoms with Crippen molar-refractivity contribution in [1.29, 1.82) is 0 Å². The first-order valence-electron chi connectivity index (χ1n) is 12.4. The van der Waals surface area contributed by atoms with Crippen molar-refractivity contribution in [2.24, 2.45) is 0 Å². The van der Waals surface area contributed by atoms with E-state index in [1.807, 2.05) is 60.7 Å². The number of nitrogens with zero attached hydrogens (tertiary/aromatic N) is 2. The minimum Gasteiger partial charge on any atom is -0.354 e. The zero-order valence-corrected chi connectivity index (χ0v) is 21.7. The second-order valence-corrected chi connectivity index (χ2v) is 9.95. The Morgan fingerprint density at radius 2 is 1.73 bits per heavy atom. The molecule has 2 aliphatic heterocycles. The predicted molar refractivity (Wildman–Crippen MR) is 151 cm³/mol. The fourth-order valence-electron chi connectivity index (χ4n) is 4.73. The molecule has 0 radical (unpaired) electrons. The van der Waals surface area contributed by atoms with Gasteiger partial charge in [-0.2, -0.15) is 0 Å². The molecule has 3 aromatic carbocycles. The number of carbonyl (C=O) groups is 2. The van der Waals surface area contributed by atoms with Gasteiger partial charge < -0.3 is 20.9 Å². The Labute approximate surface area is 222 Å². The number of carbonyl (C=O) groups excluding carboxylic acids is 2. The molecule has 0 spiro atoms. The monoisotopic (exact) mass is 515 g/mol. The summed E-state index contributed by atoms with van der Waals surface area (Å²) < 4.78 is 0. The summed E-state index contributed by atoms with van der Waals surface area (Å²) in [7, 11) is 3.88. The van der Waals surface area contributed by atoms with Crippen LogP contribution in [0.3, 0.4) is 0 Å². The lowest BCUT2D eigenvalue weighted by atomic mass is 10.00. The SMILES string of the molecule is CN1CCC(NC(=O)N(C)c2ccc(N/C(=C3\C(=O)Nc4cc(Cl)ccc43)c3ccccc3)cc2)CC1. The highest BCUT2D eigenvalue weighted by atomic mass is 35.5. The summed E-state index contributed by atoms with van der Waals surface area (Å²) in [5, 5.41) is 10.1. The van der Waals surface area contributed by atoms with Crippen LogP contribution in [0.1, 0.15) is 24.0 Å². The largest absolute Gasteiger partial charge is 0.354 e. The van der Waals surface area contributed by atoms with Crippen LogP contribution in [0.15, 0.2) is 72.8 Å². The summed E-state index contributed by atoms with van der Waals surface area (Å²) in [6, 6.07) is 22.8. The molecular weight excluding hydrogens is 486 g/mol. The molecule has 3 aromatic rings. The maximum Gasteiger partial charge on any atom is 0.321 e. The molecule has 0 aromatic heterocycles. The standard InChI is InChI=1S/C29H30ClN5O2/c1-34-16-14-22(15-17-34)32-29(37)35(2)23-11-9-21(10-12-23)31-27(19-6-4-3-5-7-19)26-24-13-8-20(30)18-25(24)33-28(26)36/h3-13,18,22,31H,14-17H2,1-2H3,(H,32,37)(H,33,36)/b27-26-. The Morgan fingerprint density at radius 3 is 2.43 bits per heavy atom. The van der Waals surface area contributed by atoms with E-state index in [-0.39, 0.29) is 18.0 Å². The van der Waals surface area contributed by atoms with Crippen molar-refractivity contribution >= 4 is 51.9 Å². The zero-order chi connectivity index (χ0) is 25.9. The molecule has 1 saturated heterocycles. The maximum atomic E-state index is 13.0. The van der Waals surface area contributed by atoms with Crippen molar-refractivity contribution < 1.29 is 9.59 Å². The Bertz CT molecular complexity index is 1330. The summed E-state index contributed by atoms with van der Waals surface area (Å²) in [5.74, 6) is -0.189. The van der Waals surface area contributed by atoms with Crippen molar-refractivity contribution in [3.63, 3.8) is 0 Å². The molecule has 1 fully saturated rings. The van der Waals surface area contributed by atoms with Crippen molar-refractivity contribution in [1.82, 2.24) is 10.2 Å². The first-order chi connectivity index (χ1) is 17.9. The van der Waals surface area contributed by atoms with E-state index in [1.54, 1.807) is 24.1 Å². The molecule has 37 heavy (non-hydrogen) atoms. The van der Waals surface area contributed by atoms with Crippen LogP contribution in [0, 0.1) is 0 Å². The van der Waals surface area contributed by atoms with Crippen LogP contribution in [0.25, 0.3) is 11.3 Å². The molecule has 0 atom stereocenters. The van der Waals surface area contributed by atoms with Gasteiger partial charge in [-0.15, -0.1) is 0 Å². The van der Waals surface area contributed by atoms with Crippen LogP contribution >= 0.6 is 11.6 Å². The quantitative estimate of drug-likeness (QED) is 0.391. The van der Waals surface area contributed by atoms with E-state index in [4.69, 9.17) is 11.6 Å². The molecule has 3 amide bonds. The van der Waals surface area contributed by atoms with Crippen LogP contribution in [0.2, 0.25) is 5.02 Å². The van der Waals surface area contributed by atoms with E-state index in [2.05, 4.69) is 27.9 Å². The number of fused-ring (bicyclic) bond motifs is 1. The van der Waals surface area contributed by atoms with E-state index < -0.39 is 0 Å². The lowest BCUT2D eigenvalue weighted by molar-refractivity contribution is -0.110. The molecule has 0 saturated carbocycles. The van der Waals surface area contributed by atoms with Crippen LogP contribution in [0.5, 0.6) is 0 Å². The number of halogens is 1. The van der Waals surface area contributed by atoms with Gasteiger partial charge in [0.25, 0.3) is 5.91 Å². The van der Waals surface area contributed by atoms with Gasteiger partial charge in [0.05, 0.1) is 17.0 Å². The topological polar surface area (TPSA) is 76.7 Å². The molecule has 7 nitrogen and oxygen atoms in total. The third kappa shape index (κ3) is 5.48. The smallest absolute Gasteiger partial charge is 0.321 e. The van der Waals surface area contributed by atoms with Gasteiger partial charge in [-0.25, -0.2) is 4.79 Å². The molecule has 8 heteroatoms. The third-order valence-electron chi connectivity index (χ3n) is 6.91. The van der Waals surface area contributed by atoms with Crippen LogP contribution in [-0.4, -0.2) is 50.1 Å². The second-order valence-electron chi connectivity index (χ2n) is 9.52. The first kappa shape index (κ1) is 24.9. The lowest BCUT2D eigenvalue weighted by Crippen LogP contribution is -2.47. The molecule has 190 valence electrons. The van der Waals surface area contributed by atoms with Crippen LogP contribution in [0.4, 0.5) is 21.9 Å². The first-order valence-corrected chi connectivity index (χ1v) is 12.8. The normalized spacial score (nSPS) is 17.1. The number of hydrogen-bond acceptors (Lipinski definition) is 4. The Morgan fingerprint density at radius 1 is 1.03 bits per heavy atom. The summed E-state index contributed by atoms with van der Waals surface area (Å²) in [4.78, 5) is 29.8. The van der Waals surface area contributed by atoms with Gasteiger partial charge in [0.1, 0.15) is 0 Å². The number of urea groups is 1. The van der Waals surface area contributed by atoms with Gasteiger partial charge in [-0.1, -0.05) is 48.0 Å². The van der Waals surface area contributed by atoms with Gasteiger partial charge in [0, 0.05) is 35.1 Å². The molecule has 2 heterocycles. The number of piperidine rings is 1. The highest BCUT2D eigenvalue weighted by Crippen LogP contribution is 2.38. The van der Waals surface area contributed by atoms with Crippen molar-refractivity contribution in [3.8, 4) is 0 Å². The van der Waals surface area contributed by atoms with Gasteiger partial charge in [0.15, 0.2) is 0 Å². The lowest BCUT2D eigenvalue weighted by Gasteiger charge is -2.31. The summed E-state index contributed by atoms with van der Waals surface area (Å²) in [5.41, 5.74) is 5.20. The van der Waals surface area contributed by atoms with Crippen molar-refractivity contribution in [2.75, 3.05) is 42.7 Å². The van der Waals surface area contributed by atoms with E-state index in [9.17, 15) is 9.59 Å². The maximum absolute atomic E-state index is 13.0. The van der Waals surface area contributed by atoms with E-state index >= 15 is 0 Å². The zero-order valence-electron chi connectivity index (χ0n) is 20.9. The number of amides is 3. The van der Waals surface area contributed by atoms with Crippen LogP contribution < -0.4 is 20.9 Å². The summed E-state index contributed by atoms with van der Waals surface area (Å²) in [6.07, 6.45) is 1.91. The summed E-state index contributed by atoms with van der Waals surface area (Å²) in [6.45, 7) is 1.98. The molecule has 0 bridgehead atoms. The number of hydrogen-bond donors (Lipinski definition) is 3. The van der Waals surface area contributed by atoms with E-state index in [0.29, 0.717) is 22.0 Å². The highest BCUT2D eigenvalue weighted by molar-refractivity contribution is 6.38. The van der Waals surface area contributed by atoms with E-state index in [0.717, 1.165) is 48.4 Å². The predicted octanol–water partition coefficient (Wildman–Crippen LogP) is 5.51. The Hall–Kier alpha value is -3.81. The fraction of sp³-hybridized carbons (Fsp3) is 0.241. The number of anilines is 3. The van der Waals surface area contributed by atoms with Gasteiger partial charge in [-0.3, -0.25) is 9.69 Å². The molecule has 2 aliphatic rings. The Balaban J connectivity index is 1.38.